The summed E-state index contributed by atoms with van der Waals surface area (Å²) in [5, 5.41) is 0. The van der Waals surface area contributed by atoms with Crippen molar-refractivity contribution >= 4 is 0 Å². The summed E-state index contributed by atoms with van der Waals surface area (Å²) in [6, 6.07) is 1.22. The van der Waals surface area contributed by atoms with E-state index in [4.69, 9.17) is 11.5 Å². The number of nitrogens with two attached hydrogens (primary N) is 2. The Morgan fingerprint density at radius 3 is 1.57 bits per heavy atom. The van der Waals surface area contributed by atoms with Gasteiger partial charge in [-0.05, 0) is 13.8 Å². The van der Waals surface area contributed by atoms with E-state index in [0.29, 0.717) is 12.1 Å². The Balaban J connectivity index is 2.44. The average Bonchev–Trinajstić information content (AvgIpc) is 2.14. The summed E-state index contributed by atoms with van der Waals surface area (Å²) in [5.74, 6) is 0. The normalized spacial score (nSPS) is 30.9. The van der Waals surface area contributed by atoms with E-state index in [1.807, 2.05) is 0 Å². The van der Waals surface area contributed by atoms with Crippen LogP contribution in [0.25, 0.3) is 0 Å². The van der Waals surface area contributed by atoms with Crippen LogP contribution in [0.2, 0.25) is 0 Å². The first-order valence-electron chi connectivity index (χ1n) is 5.57. The van der Waals surface area contributed by atoms with Crippen molar-refractivity contribution in [2.75, 3.05) is 39.3 Å². The zero-order valence-corrected chi connectivity index (χ0v) is 9.45. The van der Waals surface area contributed by atoms with Crippen LogP contribution in [0.1, 0.15) is 13.8 Å². The van der Waals surface area contributed by atoms with E-state index in [-0.39, 0.29) is 0 Å². The SMILES string of the molecule is C[C@@H]1CN(CCN)[C@H](C)CN1CCN. The summed E-state index contributed by atoms with van der Waals surface area (Å²) in [5.41, 5.74) is 11.2. The lowest BCUT2D eigenvalue weighted by atomic mass is 10.1. The van der Waals surface area contributed by atoms with E-state index >= 15 is 0 Å². The van der Waals surface area contributed by atoms with E-state index in [2.05, 4.69) is 23.6 Å². The van der Waals surface area contributed by atoms with Crippen molar-refractivity contribution < 1.29 is 0 Å². The Morgan fingerprint density at radius 1 is 0.929 bits per heavy atom. The Morgan fingerprint density at radius 2 is 1.29 bits per heavy atom. The maximum Gasteiger partial charge on any atom is 0.0196 e. The highest BCUT2D eigenvalue weighted by molar-refractivity contribution is 4.84. The van der Waals surface area contributed by atoms with Crippen molar-refractivity contribution in [1.82, 2.24) is 9.80 Å². The fraction of sp³-hybridized carbons (Fsp3) is 1.00. The molecule has 0 aromatic carbocycles. The van der Waals surface area contributed by atoms with E-state index < -0.39 is 0 Å². The maximum atomic E-state index is 5.59. The fourth-order valence-electron chi connectivity index (χ4n) is 2.22. The highest BCUT2D eigenvalue weighted by Gasteiger charge is 2.27. The smallest absolute Gasteiger partial charge is 0.0196 e. The molecule has 0 saturated carbocycles. The average molecular weight is 200 g/mol. The van der Waals surface area contributed by atoms with Gasteiger partial charge in [-0.2, -0.15) is 0 Å². The Kier molecular flexibility index (Phi) is 4.81. The Labute approximate surface area is 87.2 Å². The molecule has 0 unspecified atom stereocenters. The summed E-state index contributed by atoms with van der Waals surface area (Å²) in [6.07, 6.45) is 0. The second kappa shape index (κ2) is 5.66. The molecule has 14 heavy (non-hydrogen) atoms. The Hall–Kier alpha value is -0.160. The number of hydrogen-bond acceptors (Lipinski definition) is 4. The number of nitrogens with zero attached hydrogens (tertiary/aromatic N) is 2. The topological polar surface area (TPSA) is 58.5 Å². The van der Waals surface area contributed by atoms with Gasteiger partial charge in [0, 0.05) is 51.4 Å². The van der Waals surface area contributed by atoms with Crippen LogP contribution in [0.4, 0.5) is 0 Å². The van der Waals surface area contributed by atoms with Gasteiger partial charge in [0.25, 0.3) is 0 Å². The second-order valence-electron chi connectivity index (χ2n) is 4.27. The summed E-state index contributed by atoms with van der Waals surface area (Å²) < 4.78 is 0. The number of rotatable bonds is 4. The van der Waals surface area contributed by atoms with Gasteiger partial charge in [-0.15, -0.1) is 0 Å². The lowest BCUT2D eigenvalue weighted by Gasteiger charge is -2.44. The lowest BCUT2D eigenvalue weighted by Crippen LogP contribution is -2.57. The van der Waals surface area contributed by atoms with Gasteiger partial charge in [-0.25, -0.2) is 0 Å². The predicted octanol–water partition coefficient (Wildman–Crippen LogP) is -0.702. The van der Waals surface area contributed by atoms with Crippen LogP contribution < -0.4 is 11.5 Å². The van der Waals surface area contributed by atoms with Crippen LogP contribution in [0, 0.1) is 0 Å². The molecule has 4 heteroatoms. The third kappa shape index (κ3) is 2.92. The quantitative estimate of drug-likeness (QED) is 0.630. The molecule has 0 spiro atoms. The van der Waals surface area contributed by atoms with Crippen LogP contribution in [-0.4, -0.2) is 61.2 Å². The fourth-order valence-corrected chi connectivity index (χ4v) is 2.22. The molecule has 0 aromatic heterocycles. The zero-order chi connectivity index (χ0) is 10.6. The highest BCUT2D eigenvalue weighted by atomic mass is 15.3. The summed E-state index contributed by atoms with van der Waals surface area (Å²) in [6.45, 7) is 10.3. The molecule has 4 N–H and O–H groups in total. The molecule has 0 amide bonds. The first-order valence-corrected chi connectivity index (χ1v) is 5.57. The number of hydrogen-bond donors (Lipinski definition) is 2. The van der Waals surface area contributed by atoms with E-state index in [0.717, 1.165) is 39.3 Å². The van der Waals surface area contributed by atoms with E-state index in [1.54, 1.807) is 0 Å². The molecule has 1 aliphatic heterocycles. The highest BCUT2D eigenvalue weighted by Crippen LogP contribution is 2.13. The van der Waals surface area contributed by atoms with Crippen molar-refractivity contribution in [2.45, 2.75) is 25.9 Å². The molecule has 1 saturated heterocycles. The van der Waals surface area contributed by atoms with Crippen LogP contribution in [0.3, 0.4) is 0 Å². The summed E-state index contributed by atoms with van der Waals surface area (Å²) in [7, 11) is 0. The zero-order valence-electron chi connectivity index (χ0n) is 9.45. The lowest BCUT2D eigenvalue weighted by molar-refractivity contribution is 0.0470. The van der Waals surface area contributed by atoms with Gasteiger partial charge in [0.1, 0.15) is 0 Å². The number of piperazine rings is 1. The minimum Gasteiger partial charge on any atom is -0.329 e. The third-order valence-corrected chi connectivity index (χ3v) is 3.08. The van der Waals surface area contributed by atoms with Crippen molar-refractivity contribution in [1.29, 1.82) is 0 Å². The third-order valence-electron chi connectivity index (χ3n) is 3.08. The second-order valence-corrected chi connectivity index (χ2v) is 4.27. The summed E-state index contributed by atoms with van der Waals surface area (Å²) in [4.78, 5) is 4.94. The maximum absolute atomic E-state index is 5.59. The minimum absolute atomic E-state index is 0.612. The van der Waals surface area contributed by atoms with Crippen molar-refractivity contribution in [2.24, 2.45) is 11.5 Å². The van der Waals surface area contributed by atoms with Crippen LogP contribution in [0.15, 0.2) is 0 Å². The predicted molar refractivity (Wildman–Crippen MR) is 60.2 cm³/mol. The van der Waals surface area contributed by atoms with Gasteiger partial charge < -0.3 is 11.5 Å². The first-order chi connectivity index (χ1) is 6.69. The summed E-state index contributed by atoms with van der Waals surface area (Å²) >= 11 is 0. The first kappa shape index (κ1) is 11.9. The van der Waals surface area contributed by atoms with Crippen molar-refractivity contribution in [3.8, 4) is 0 Å². The van der Waals surface area contributed by atoms with Crippen LogP contribution in [0.5, 0.6) is 0 Å². The molecule has 84 valence electrons. The van der Waals surface area contributed by atoms with Crippen LogP contribution in [-0.2, 0) is 0 Å². The van der Waals surface area contributed by atoms with Gasteiger partial charge in [0.05, 0.1) is 0 Å². The molecule has 1 aliphatic rings. The molecule has 0 aliphatic carbocycles. The molecule has 0 bridgehead atoms. The molecule has 1 fully saturated rings. The standard InChI is InChI=1S/C10H24N4/c1-9-7-14(6-4-12)10(2)8-13(9)5-3-11/h9-10H,3-8,11-12H2,1-2H3/t9-,10-/m1/s1. The van der Waals surface area contributed by atoms with Gasteiger partial charge >= 0.3 is 0 Å². The van der Waals surface area contributed by atoms with E-state index in [9.17, 15) is 0 Å². The van der Waals surface area contributed by atoms with Gasteiger partial charge in [-0.1, -0.05) is 0 Å². The van der Waals surface area contributed by atoms with Crippen molar-refractivity contribution in [3.63, 3.8) is 0 Å². The molecular formula is C10H24N4. The molecule has 4 nitrogen and oxygen atoms in total. The van der Waals surface area contributed by atoms with Crippen molar-refractivity contribution in [3.05, 3.63) is 0 Å². The molecule has 1 rings (SSSR count). The largest absolute Gasteiger partial charge is 0.329 e. The van der Waals surface area contributed by atoms with Gasteiger partial charge in [-0.3, -0.25) is 9.80 Å². The molecule has 1 heterocycles. The molecule has 0 radical (unpaired) electrons. The molecule has 0 aromatic rings. The Bertz CT molecular complexity index is 144. The van der Waals surface area contributed by atoms with E-state index in [1.165, 1.54) is 0 Å². The molecule has 2 atom stereocenters. The van der Waals surface area contributed by atoms with Gasteiger partial charge in [0.2, 0.25) is 0 Å². The van der Waals surface area contributed by atoms with Gasteiger partial charge in [0.15, 0.2) is 0 Å². The minimum atomic E-state index is 0.612. The monoisotopic (exact) mass is 200 g/mol. The van der Waals surface area contributed by atoms with Crippen LogP contribution >= 0.6 is 0 Å². The molecular weight excluding hydrogens is 176 g/mol.